The number of methoxy groups -OCH3 is 1. The van der Waals surface area contributed by atoms with E-state index in [0.717, 1.165) is 0 Å². The third kappa shape index (κ3) is 2.39. The topological polar surface area (TPSA) is 82.3 Å². The number of nitrogens with two attached hydrogens (primary N) is 1. The van der Waals surface area contributed by atoms with E-state index in [1.165, 1.54) is 19.4 Å². The molecule has 13 heavy (non-hydrogen) atoms. The van der Waals surface area contributed by atoms with Crippen LogP contribution in [0.1, 0.15) is 0 Å². The molecular formula is C6H7BrN2O3S. The van der Waals surface area contributed by atoms with Gasteiger partial charge >= 0.3 is 0 Å². The van der Waals surface area contributed by atoms with Gasteiger partial charge in [0.05, 0.1) is 7.11 Å². The van der Waals surface area contributed by atoms with Crippen LogP contribution in [0, 0.1) is 0 Å². The molecule has 2 N–H and O–H groups in total. The zero-order chi connectivity index (χ0) is 10.1. The van der Waals surface area contributed by atoms with Gasteiger partial charge in [0, 0.05) is 10.7 Å². The number of ether oxygens (including phenoxy) is 1. The van der Waals surface area contributed by atoms with E-state index >= 15 is 0 Å². The van der Waals surface area contributed by atoms with E-state index < -0.39 is 10.0 Å². The van der Waals surface area contributed by atoms with Crippen molar-refractivity contribution >= 4 is 26.0 Å². The van der Waals surface area contributed by atoms with Crippen molar-refractivity contribution in [1.82, 2.24) is 4.98 Å². The summed E-state index contributed by atoms with van der Waals surface area (Å²) >= 11 is 3.08. The normalized spacial score (nSPS) is 11.3. The first-order chi connectivity index (χ1) is 5.95. The van der Waals surface area contributed by atoms with Crippen LogP contribution in [0.15, 0.2) is 21.6 Å². The van der Waals surface area contributed by atoms with Crippen molar-refractivity contribution in [2.45, 2.75) is 4.90 Å². The molecule has 0 fully saturated rings. The maximum Gasteiger partial charge on any atom is 0.243 e. The van der Waals surface area contributed by atoms with Crippen molar-refractivity contribution in [2.24, 2.45) is 5.14 Å². The number of primary sulfonamides is 1. The third-order valence-electron chi connectivity index (χ3n) is 1.28. The Morgan fingerprint density at radius 1 is 1.62 bits per heavy atom. The van der Waals surface area contributed by atoms with Crippen molar-refractivity contribution in [3.63, 3.8) is 0 Å². The molecule has 0 aliphatic rings. The maximum absolute atomic E-state index is 11.0. The molecule has 7 heteroatoms. The molecule has 0 aliphatic carbocycles. The quantitative estimate of drug-likeness (QED) is 0.845. The lowest BCUT2D eigenvalue weighted by Gasteiger charge is -2.04. The molecule has 0 saturated carbocycles. The molecule has 0 aromatic carbocycles. The van der Waals surface area contributed by atoms with Crippen LogP contribution in [0.2, 0.25) is 0 Å². The highest BCUT2D eigenvalue weighted by molar-refractivity contribution is 9.10. The average Bonchev–Trinajstić information content (AvgIpc) is 2.03. The monoisotopic (exact) mass is 266 g/mol. The number of halogens is 1. The number of aromatic nitrogens is 1. The number of hydrogen-bond donors (Lipinski definition) is 1. The molecule has 0 amide bonds. The van der Waals surface area contributed by atoms with E-state index in [2.05, 4.69) is 20.9 Å². The Kier molecular flexibility index (Phi) is 2.89. The molecule has 0 aliphatic heterocycles. The predicted octanol–water partition coefficient (Wildman–Crippen LogP) is 0.500. The smallest absolute Gasteiger partial charge is 0.243 e. The second kappa shape index (κ2) is 3.60. The second-order valence-electron chi connectivity index (χ2n) is 2.21. The van der Waals surface area contributed by atoms with Gasteiger partial charge in [-0.25, -0.2) is 18.5 Å². The van der Waals surface area contributed by atoms with Gasteiger partial charge < -0.3 is 4.74 Å². The molecule has 1 rings (SSSR count). The van der Waals surface area contributed by atoms with E-state index in [1.807, 2.05) is 0 Å². The van der Waals surface area contributed by atoms with E-state index in [-0.39, 0.29) is 10.8 Å². The Balaban J connectivity index is 3.41. The van der Waals surface area contributed by atoms with Gasteiger partial charge in [-0.1, -0.05) is 0 Å². The highest BCUT2D eigenvalue weighted by atomic mass is 79.9. The maximum atomic E-state index is 11.0. The lowest BCUT2D eigenvalue weighted by Crippen LogP contribution is -2.14. The van der Waals surface area contributed by atoms with Crippen LogP contribution >= 0.6 is 15.9 Å². The summed E-state index contributed by atoms with van der Waals surface area (Å²) in [6.07, 6.45) is 1.42. The van der Waals surface area contributed by atoms with E-state index in [0.29, 0.717) is 4.47 Å². The molecule has 72 valence electrons. The fourth-order valence-corrected chi connectivity index (χ4v) is 1.92. The largest absolute Gasteiger partial charge is 0.480 e. The van der Waals surface area contributed by atoms with Gasteiger partial charge in [-0.05, 0) is 22.0 Å². The first kappa shape index (κ1) is 10.4. The van der Waals surface area contributed by atoms with Crippen LogP contribution in [-0.2, 0) is 10.0 Å². The number of rotatable bonds is 2. The Bertz CT molecular complexity index is 418. The second-order valence-corrected chi connectivity index (χ2v) is 4.65. The molecule has 0 unspecified atom stereocenters. The zero-order valence-corrected chi connectivity index (χ0v) is 9.09. The molecule has 0 saturated heterocycles. The van der Waals surface area contributed by atoms with Gasteiger partial charge in [-0.2, -0.15) is 0 Å². The minimum absolute atomic E-state index is 0.00861. The molecule has 0 atom stereocenters. The van der Waals surface area contributed by atoms with Crippen LogP contribution in [0.4, 0.5) is 0 Å². The van der Waals surface area contributed by atoms with Crippen molar-refractivity contribution in [2.75, 3.05) is 7.11 Å². The summed E-state index contributed by atoms with van der Waals surface area (Å²) in [5.74, 6) is -0.00861. The predicted molar refractivity (Wildman–Crippen MR) is 49.9 cm³/mol. The van der Waals surface area contributed by atoms with Gasteiger partial charge in [0.2, 0.25) is 15.9 Å². The van der Waals surface area contributed by atoms with Crippen molar-refractivity contribution in [3.05, 3.63) is 16.7 Å². The fourth-order valence-electron chi connectivity index (χ4n) is 0.765. The Hall–Kier alpha value is -0.660. The summed E-state index contributed by atoms with van der Waals surface area (Å²) in [6, 6.07) is 1.33. The van der Waals surface area contributed by atoms with Crippen LogP contribution < -0.4 is 9.88 Å². The lowest BCUT2D eigenvalue weighted by atomic mass is 10.5. The third-order valence-corrected chi connectivity index (χ3v) is 2.62. The van der Waals surface area contributed by atoms with Crippen LogP contribution in [0.25, 0.3) is 0 Å². The lowest BCUT2D eigenvalue weighted by molar-refractivity contribution is 0.385. The Morgan fingerprint density at radius 2 is 2.23 bits per heavy atom. The van der Waals surface area contributed by atoms with Crippen molar-refractivity contribution < 1.29 is 13.2 Å². The summed E-state index contributed by atoms with van der Waals surface area (Å²) in [4.78, 5) is 3.60. The van der Waals surface area contributed by atoms with Gasteiger partial charge in [-0.3, -0.25) is 0 Å². The molecule has 5 nitrogen and oxygen atoms in total. The van der Waals surface area contributed by atoms with Gasteiger partial charge in [0.25, 0.3) is 0 Å². The summed E-state index contributed by atoms with van der Waals surface area (Å²) in [5, 5.41) is 4.93. The SMILES string of the molecule is COc1ncc(Br)cc1S(N)(=O)=O. The number of nitrogens with zero attached hydrogens (tertiary/aromatic N) is 1. The summed E-state index contributed by atoms with van der Waals surface area (Å²) in [5.41, 5.74) is 0. The number of hydrogen-bond acceptors (Lipinski definition) is 4. The Labute approximate surface area is 84.1 Å². The molecule has 1 aromatic rings. The first-order valence-corrected chi connectivity index (χ1v) is 5.51. The molecule has 0 spiro atoms. The van der Waals surface area contributed by atoms with Crippen LogP contribution in [0.5, 0.6) is 5.88 Å². The Morgan fingerprint density at radius 3 is 2.69 bits per heavy atom. The molecule has 1 heterocycles. The molecule has 0 radical (unpaired) electrons. The van der Waals surface area contributed by atoms with Gasteiger partial charge in [0.15, 0.2) is 0 Å². The molecular weight excluding hydrogens is 260 g/mol. The van der Waals surface area contributed by atoms with Gasteiger partial charge in [-0.15, -0.1) is 0 Å². The molecule has 1 aromatic heterocycles. The van der Waals surface area contributed by atoms with Crippen LogP contribution in [-0.4, -0.2) is 20.5 Å². The molecule has 0 bridgehead atoms. The highest BCUT2D eigenvalue weighted by Crippen LogP contribution is 2.22. The first-order valence-electron chi connectivity index (χ1n) is 3.17. The van der Waals surface area contributed by atoms with E-state index in [4.69, 9.17) is 9.88 Å². The highest BCUT2D eigenvalue weighted by Gasteiger charge is 2.16. The summed E-state index contributed by atoms with van der Waals surface area (Å²) in [6.45, 7) is 0. The van der Waals surface area contributed by atoms with Crippen molar-refractivity contribution in [1.29, 1.82) is 0 Å². The summed E-state index contributed by atoms with van der Waals surface area (Å²) in [7, 11) is -2.46. The van der Waals surface area contributed by atoms with Crippen LogP contribution in [0.3, 0.4) is 0 Å². The van der Waals surface area contributed by atoms with Crippen molar-refractivity contribution in [3.8, 4) is 5.88 Å². The minimum atomic E-state index is -3.79. The van der Waals surface area contributed by atoms with E-state index in [9.17, 15) is 8.42 Å². The summed E-state index contributed by atoms with van der Waals surface area (Å²) < 4.78 is 27.3. The van der Waals surface area contributed by atoms with Gasteiger partial charge in [0.1, 0.15) is 4.90 Å². The average molecular weight is 267 g/mol. The standard InChI is InChI=1S/C6H7BrN2O3S/c1-12-6-5(13(8,10)11)2-4(7)3-9-6/h2-3H,1H3,(H2,8,10,11). The zero-order valence-electron chi connectivity index (χ0n) is 6.69. The minimum Gasteiger partial charge on any atom is -0.480 e. The van der Waals surface area contributed by atoms with E-state index in [1.54, 1.807) is 0 Å². The fraction of sp³-hybridized carbons (Fsp3) is 0.167. The number of pyridine rings is 1. The number of sulfonamides is 1.